The predicted molar refractivity (Wildman–Crippen MR) is 77.3 cm³/mol. The molecule has 1 N–H and O–H groups in total. The van der Waals surface area contributed by atoms with Gasteiger partial charge in [0.2, 0.25) is 0 Å². The molecule has 0 amide bonds. The predicted octanol–water partition coefficient (Wildman–Crippen LogP) is 2.28. The number of nitrogens with one attached hydrogen (secondary N) is 1. The third-order valence-corrected chi connectivity index (χ3v) is 4.23. The Morgan fingerprint density at radius 1 is 1.37 bits per heavy atom. The first-order valence-corrected chi connectivity index (χ1v) is 7.01. The number of aromatic nitrogens is 2. The number of hydrogen-bond acceptors (Lipinski definition) is 2. The molecule has 0 spiro atoms. The quantitative estimate of drug-likeness (QED) is 0.908. The summed E-state index contributed by atoms with van der Waals surface area (Å²) in [6, 6.07) is 11.4. The molecular formula is C16H21N3. The lowest BCUT2D eigenvalue weighted by Crippen LogP contribution is -2.33. The van der Waals surface area contributed by atoms with Crippen molar-refractivity contribution >= 4 is 0 Å². The van der Waals surface area contributed by atoms with Gasteiger partial charge in [-0.1, -0.05) is 24.3 Å². The molecule has 1 aliphatic rings. The van der Waals surface area contributed by atoms with E-state index in [9.17, 15) is 0 Å². The molecule has 2 aromatic rings. The third-order valence-electron chi connectivity index (χ3n) is 4.23. The Labute approximate surface area is 114 Å². The number of nitrogens with zero attached hydrogens (tertiary/aromatic N) is 2. The first kappa shape index (κ1) is 12.4. The van der Waals surface area contributed by atoms with E-state index in [2.05, 4.69) is 47.8 Å². The van der Waals surface area contributed by atoms with E-state index in [4.69, 9.17) is 0 Å². The van der Waals surface area contributed by atoms with E-state index in [1.807, 2.05) is 17.9 Å². The van der Waals surface area contributed by atoms with Crippen molar-refractivity contribution in [3.8, 4) is 0 Å². The molecule has 2 unspecified atom stereocenters. The van der Waals surface area contributed by atoms with Crippen LogP contribution in [0.25, 0.3) is 0 Å². The fourth-order valence-electron chi connectivity index (χ4n) is 3.25. The van der Waals surface area contributed by atoms with Crippen LogP contribution in [-0.4, -0.2) is 22.9 Å². The first-order valence-electron chi connectivity index (χ1n) is 7.01. The highest BCUT2D eigenvalue weighted by atomic mass is 15.2. The molecule has 100 valence electrons. The van der Waals surface area contributed by atoms with Gasteiger partial charge in [0.1, 0.15) is 0 Å². The van der Waals surface area contributed by atoms with Crippen molar-refractivity contribution < 1.29 is 0 Å². The van der Waals surface area contributed by atoms with Gasteiger partial charge in [0, 0.05) is 31.6 Å². The Hall–Kier alpha value is -1.61. The van der Waals surface area contributed by atoms with Gasteiger partial charge in [-0.15, -0.1) is 0 Å². The van der Waals surface area contributed by atoms with Crippen LogP contribution in [-0.2, 0) is 19.9 Å². The van der Waals surface area contributed by atoms with Gasteiger partial charge in [0.25, 0.3) is 0 Å². The van der Waals surface area contributed by atoms with Gasteiger partial charge in [0.05, 0.1) is 5.69 Å². The molecule has 1 aromatic carbocycles. The summed E-state index contributed by atoms with van der Waals surface area (Å²) in [6.07, 6.45) is 5.47. The summed E-state index contributed by atoms with van der Waals surface area (Å²) in [5.74, 6) is 0.614. The molecule has 1 aliphatic carbocycles. The molecule has 3 rings (SSSR count). The SMILES string of the molecule is CNC(Cc1ccn(C)n1)C1CCc2ccccc21. The molecule has 0 radical (unpaired) electrons. The molecule has 0 fully saturated rings. The number of benzene rings is 1. The van der Waals surface area contributed by atoms with Crippen LogP contribution in [0.1, 0.15) is 29.2 Å². The molecule has 0 aliphatic heterocycles. The fraction of sp³-hybridized carbons (Fsp3) is 0.438. The van der Waals surface area contributed by atoms with E-state index >= 15 is 0 Å². The normalized spacial score (nSPS) is 19.4. The lowest BCUT2D eigenvalue weighted by atomic mass is 9.90. The summed E-state index contributed by atoms with van der Waals surface area (Å²) in [6.45, 7) is 0. The lowest BCUT2D eigenvalue weighted by molar-refractivity contribution is 0.451. The van der Waals surface area contributed by atoms with Crippen LogP contribution in [0.15, 0.2) is 36.5 Å². The number of fused-ring (bicyclic) bond motifs is 1. The lowest BCUT2D eigenvalue weighted by Gasteiger charge is -2.23. The maximum Gasteiger partial charge on any atom is 0.0640 e. The molecule has 3 heteroatoms. The van der Waals surface area contributed by atoms with Gasteiger partial charge in [-0.2, -0.15) is 5.10 Å². The van der Waals surface area contributed by atoms with Gasteiger partial charge in [-0.05, 0) is 37.1 Å². The van der Waals surface area contributed by atoms with Crippen LogP contribution in [0.5, 0.6) is 0 Å². The molecule has 0 saturated heterocycles. The molecule has 0 bridgehead atoms. The summed E-state index contributed by atoms with van der Waals surface area (Å²) in [5, 5.41) is 8.00. The van der Waals surface area contributed by atoms with E-state index in [0.29, 0.717) is 12.0 Å². The average molecular weight is 255 g/mol. The average Bonchev–Trinajstić information content (AvgIpc) is 3.02. The monoisotopic (exact) mass is 255 g/mol. The van der Waals surface area contributed by atoms with Crippen LogP contribution >= 0.6 is 0 Å². The van der Waals surface area contributed by atoms with Crippen LogP contribution in [0.4, 0.5) is 0 Å². The first-order chi connectivity index (χ1) is 9.28. The molecule has 19 heavy (non-hydrogen) atoms. The minimum Gasteiger partial charge on any atom is -0.316 e. The van der Waals surface area contributed by atoms with E-state index in [-0.39, 0.29) is 0 Å². The highest BCUT2D eigenvalue weighted by Gasteiger charge is 2.29. The Balaban J connectivity index is 1.80. The van der Waals surface area contributed by atoms with Crippen molar-refractivity contribution in [2.24, 2.45) is 7.05 Å². The second-order valence-corrected chi connectivity index (χ2v) is 5.42. The second kappa shape index (κ2) is 5.17. The van der Waals surface area contributed by atoms with Crippen LogP contribution < -0.4 is 5.32 Å². The van der Waals surface area contributed by atoms with Gasteiger partial charge in [-0.25, -0.2) is 0 Å². The smallest absolute Gasteiger partial charge is 0.0640 e. The van der Waals surface area contributed by atoms with E-state index in [1.165, 1.54) is 29.7 Å². The van der Waals surface area contributed by atoms with Crippen molar-refractivity contribution in [1.29, 1.82) is 0 Å². The Morgan fingerprint density at radius 3 is 2.95 bits per heavy atom. The highest BCUT2D eigenvalue weighted by molar-refractivity contribution is 5.36. The summed E-state index contributed by atoms with van der Waals surface area (Å²) in [5.41, 5.74) is 4.22. The van der Waals surface area contributed by atoms with Crippen LogP contribution in [0.3, 0.4) is 0 Å². The zero-order valence-electron chi connectivity index (χ0n) is 11.6. The summed E-state index contributed by atoms with van der Waals surface area (Å²) in [4.78, 5) is 0. The minimum absolute atomic E-state index is 0.471. The number of likely N-dealkylation sites (N-methyl/N-ethyl adjacent to an activating group) is 1. The Morgan fingerprint density at radius 2 is 2.21 bits per heavy atom. The zero-order valence-corrected chi connectivity index (χ0v) is 11.6. The van der Waals surface area contributed by atoms with Gasteiger partial charge < -0.3 is 5.32 Å². The molecule has 1 aromatic heterocycles. The summed E-state index contributed by atoms with van der Waals surface area (Å²) < 4.78 is 1.88. The second-order valence-electron chi connectivity index (χ2n) is 5.42. The van der Waals surface area contributed by atoms with Crippen LogP contribution in [0.2, 0.25) is 0 Å². The Bertz CT molecular complexity index is 559. The van der Waals surface area contributed by atoms with Crippen molar-refractivity contribution in [3.05, 3.63) is 53.3 Å². The molecule has 3 nitrogen and oxygen atoms in total. The highest BCUT2D eigenvalue weighted by Crippen LogP contribution is 2.36. The largest absolute Gasteiger partial charge is 0.316 e. The fourth-order valence-corrected chi connectivity index (χ4v) is 3.25. The maximum absolute atomic E-state index is 4.50. The third kappa shape index (κ3) is 2.43. The topological polar surface area (TPSA) is 29.9 Å². The van der Waals surface area contributed by atoms with E-state index < -0.39 is 0 Å². The summed E-state index contributed by atoms with van der Waals surface area (Å²) >= 11 is 0. The van der Waals surface area contributed by atoms with E-state index in [0.717, 1.165) is 6.42 Å². The van der Waals surface area contributed by atoms with Gasteiger partial charge >= 0.3 is 0 Å². The minimum atomic E-state index is 0.471. The van der Waals surface area contributed by atoms with Gasteiger partial charge in [0.15, 0.2) is 0 Å². The van der Waals surface area contributed by atoms with Crippen LogP contribution in [0, 0.1) is 0 Å². The zero-order chi connectivity index (χ0) is 13.2. The van der Waals surface area contributed by atoms with E-state index in [1.54, 1.807) is 0 Å². The maximum atomic E-state index is 4.50. The molecule has 0 saturated carbocycles. The van der Waals surface area contributed by atoms with Crippen molar-refractivity contribution in [2.45, 2.75) is 31.2 Å². The van der Waals surface area contributed by atoms with Crippen molar-refractivity contribution in [2.75, 3.05) is 7.05 Å². The van der Waals surface area contributed by atoms with Gasteiger partial charge in [-0.3, -0.25) is 4.68 Å². The number of rotatable bonds is 4. The molecule has 2 atom stereocenters. The van der Waals surface area contributed by atoms with Crippen molar-refractivity contribution in [1.82, 2.24) is 15.1 Å². The summed E-state index contributed by atoms with van der Waals surface area (Å²) in [7, 11) is 4.04. The molecule has 1 heterocycles. The molecular weight excluding hydrogens is 234 g/mol. The number of hydrogen-bond donors (Lipinski definition) is 1. The van der Waals surface area contributed by atoms with Crippen molar-refractivity contribution in [3.63, 3.8) is 0 Å². The standard InChI is InChI=1S/C16H21N3/c1-17-16(11-13-9-10-19(2)18-13)15-8-7-12-5-3-4-6-14(12)15/h3-6,9-10,15-17H,7-8,11H2,1-2H3. The Kier molecular flexibility index (Phi) is 3.38. The number of aryl methyl sites for hydroxylation is 2.